The Bertz CT molecular complexity index is 959. The number of piperidine rings is 1. The molecule has 0 aliphatic carbocycles. The Balaban J connectivity index is 1.63. The molecule has 0 saturated carbocycles. The molecule has 4 rings (SSSR count). The van der Waals surface area contributed by atoms with Crippen LogP contribution < -0.4 is 15.1 Å². The molecule has 3 aliphatic heterocycles. The zero-order chi connectivity index (χ0) is 22.2. The SMILES string of the molecule is CN(C)S(=O)(=O)c1ccc2c(c1)N(CC(=O)NC[C@H]1CCCO1)C(=O)[C@H]1CCCCN21. The number of nitrogens with zero attached hydrogens (tertiary/aromatic N) is 3. The zero-order valence-corrected chi connectivity index (χ0v) is 18.9. The molecule has 2 fully saturated rings. The fourth-order valence-electron chi connectivity index (χ4n) is 4.50. The number of nitrogens with one attached hydrogen (secondary N) is 1. The van der Waals surface area contributed by atoms with Crippen molar-refractivity contribution in [2.24, 2.45) is 0 Å². The molecular weight excluding hydrogens is 420 g/mol. The Kier molecular flexibility index (Phi) is 6.23. The number of ether oxygens (including phenoxy) is 1. The normalized spacial score (nSPS) is 23.6. The van der Waals surface area contributed by atoms with Crippen LogP contribution in [-0.4, -0.2) is 77.0 Å². The van der Waals surface area contributed by atoms with Crippen LogP contribution in [0.4, 0.5) is 11.4 Å². The molecule has 2 amide bonds. The maximum atomic E-state index is 13.3. The first-order valence-corrected chi connectivity index (χ1v) is 12.3. The molecule has 0 radical (unpaired) electrons. The van der Waals surface area contributed by atoms with Crippen molar-refractivity contribution in [2.75, 3.05) is 50.1 Å². The number of fused-ring (bicyclic) bond motifs is 3. The summed E-state index contributed by atoms with van der Waals surface area (Å²) < 4.78 is 32.0. The summed E-state index contributed by atoms with van der Waals surface area (Å²) >= 11 is 0. The Morgan fingerprint density at radius 3 is 2.71 bits per heavy atom. The van der Waals surface area contributed by atoms with Crippen LogP contribution >= 0.6 is 0 Å². The molecule has 2 atom stereocenters. The second kappa shape index (κ2) is 8.76. The van der Waals surface area contributed by atoms with Crippen molar-refractivity contribution in [3.63, 3.8) is 0 Å². The van der Waals surface area contributed by atoms with Gasteiger partial charge in [0.05, 0.1) is 22.4 Å². The fraction of sp³-hybridized carbons (Fsp3) is 0.619. The van der Waals surface area contributed by atoms with Gasteiger partial charge in [-0.05, 0) is 50.3 Å². The van der Waals surface area contributed by atoms with Gasteiger partial charge in [0.1, 0.15) is 12.6 Å². The third-order valence-electron chi connectivity index (χ3n) is 6.23. The minimum absolute atomic E-state index is 0.0129. The molecule has 0 aromatic heterocycles. The van der Waals surface area contributed by atoms with Crippen LogP contribution in [0.5, 0.6) is 0 Å². The summed E-state index contributed by atoms with van der Waals surface area (Å²) in [6.07, 6.45) is 4.56. The first kappa shape index (κ1) is 22.0. The largest absolute Gasteiger partial charge is 0.376 e. The zero-order valence-electron chi connectivity index (χ0n) is 18.0. The van der Waals surface area contributed by atoms with Crippen LogP contribution in [-0.2, 0) is 24.3 Å². The van der Waals surface area contributed by atoms with Crippen LogP contribution in [0.3, 0.4) is 0 Å². The number of sulfonamides is 1. The van der Waals surface area contributed by atoms with Gasteiger partial charge in [-0.1, -0.05) is 0 Å². The van der Waals surface area contributed by atoms with E-state index in [4.69, 9.17) is 4.74 Å². The highest BCUT2D eigenvalue weighted by atomic mass is 32.2. The lowest BCUT2D eigenvalue weighted by Crippen LogP contribution is -2.57. The highest BCUT2D eigenvalue weighted by molar-refractivity contribution is 7.89. The second-order valence-electron chi connectivity index (χ2n) is 8.51. The third kappa shape index (κ3) is 4.28. The Hall–Kier alpha value is -2.17. The van der Waals surface area contributed by atoms with Gasteiger partial charge in [0.2, 0.25) is 21.8 Å². The summed E-state index contributed by atoms with van der Waals surface area (Å²) in [7, 11) is -0.732. The van der Waals surface area contributed by atoms with Crippen LogP contribution in [0.15, 0.2) is 23.1 Å². The van der Waals surface area contributed by atoms with E-state index in [2.05, 4.69) is 5.32 Å². The number of hydrogen-bond acceptors (Lipinski definition) is 6. The predicted octanol–water partition coefficient (Wildman–Crippen LogP) is 0.938. The summed E-state index contributed by atoms with van der Waals surface area (Å²) in [6, 6.07) is 4.53. The van der Waals surface area contributed by atoms with Crippen LogP contribution in [0.2, 0.25) is 0 Å². The average molecular weight is 451 g/mol. The second-order valence-corrected chi connectivity index (χ2v) is 10.7. The number of carbonyl (C=O) groups is 2. The summed E-state index contributed by atoms with van der Waals surface area (Å²) in [4.78, 5) is 29.6. The number of amides is 2. The van der Waals surface area contributed by atoms with Crippen molar-refractivity contribution in [1.29, 1.82) is 0 Å². The van der Waals surface area contributed by atoms with Crippen molar-refractivity contribution in [2.45, 2.75) is 49.1 Å². The molecule has 170 valence electrons. The number of carbonyl (C=O) groups excluding carboxylic acids is 2. The van der Waals surface area contributed by atoms with Crippen LogP contribution in [0, 0.1) is 0 Å². The van der Waals surface area contributed by atoms with Gasteiger partial charge in [0.15, 0.2) is 0 Å². The maximum Gasteiger partial charge on any atom is 0.250 e. The topological polar surface area (TPSA) is 99.3 Å². The van der Waals surface area contributed by atoms with Gasteiger partial charge in [-0.3, -0.25) is 14.5 Å². The number of anilines is 2. The lowest BCUT2D eigenvalue weighted by atomic mass is 9.96. The molecule has 1 aromatic rings. The third-order valence-corrected chi connectivity index (χ3v) is 8.04. The van der Waals surface area contributed by atoms with E-state index in [9.17, 15) is 18.0 Å². The summed E-state index contributed by atoms with van der Waals surface area (Å²) in [5.74, 6) is -0.432. The molecular formula is C21H30N4O5S. The smallest absolute Gasteiger partial charge is 0.250 e. The van der Waals surface area contributed by atoms with Crippen molar-refractivity contribution < 1.29 is 22.7 Å². The van der Waals surface area contributed by atoms with E-state index in [0.717, 1.165) is 48.6 Å². The van der Waals surface area contributed by atoms with Gasteiger partial charge in [-0.2, -0.15) is 0 Å². The fourth-order valence-corrected chi connectivity index (χ4v) is 5.43. The molecule has 0 unspecified atom stereocenters. The molecule has 1 N–H and O–H groups in total. The standard InChI is InChI=1S/C21H30N4O5S/c1-23(2)31(28,29)16-8-9-17-19(12-16)25(21(27)18-7-3-4-10-24(17)18)14-20(26)22-13-15-6-5-11-30-15/h8-9,12,15,18H,3-7,10-11,13-14H2,1-2H3,(H,22,26)/t15-,18-/m1/s1. The van der Waals surface area contributed by atoms with E-state index in [1.165, 1.54) is 25.1 Å². The molecule has 0 bridgehead atoms. The molecule has 3 aliphatic rings. The van der Waals surface area contributed by atoms with Gasteiger partial charge >= 0.3 is 0 Å². The molecule has 9 nitrogen and oxygen atoms in total. The Labute approximate surface area is 183 Å². The minimum atomic E-state index is -3.67. The van der Waals surface area contributed by atoms with E-state index in [1.54, 1.807) is 12.1 Å². The van der Waals surface area contributed by atoms with Gasteiger partial charge < -0.3 is 15.0 Å². The van der Waals surface area contributed by atoms with Crippen molar-refractivity contribution >= 4 is 33.2 Å². The molecule has 0 spiro atoms. The predicted molar refractivity (Wildman–Crippen MR) is 117 cm³/mol. The van der Waals surface area contributed by atoms with Gasteiger partial charge in [-0.25, -0.2) is 12.7 Å². The molecule has 2 saturated heterocycles. The van der Waals surface area contributed by atoms with E-state index in [0.29, 0.717) is 18.8 Å². The van der Waals surface area contributed by atoms with Crippen molar-refractivity contribution in [3.8, 4) is 0 Å². The summed E-state index contributed by atoms with van der Waals surface area (Å²) in [6.45, 7) is 1.72. The van der Waals surface area contributed by atoms with Crippen molar-refractivity contribution in [3.05, 3.63) is 18.2 Å². The molecule has 10 heteroatoms. The van der Waals surface area contributed by atoms with Crippen LogP contribution in [0.1, 0.15) is 32.1 Å². The lowest BCUT2D eigenvalue weighted by Gasteiger charge is -2.45. The molecule has 3 heterocycles. The van der Waals surface area contributed by atoms with Crippen molar-refractivity contribution in [1.82, 2.24) is 9.62 Å². The summed E-state index contributed by atoms with van der Waals surface area (Å²) in [5, 5.41) is 2.86. The van der Waals surface area contributed by atoms with Gasteiger partial charge in [0.25, 0.3) is 0 Å². The molecule has 1 aromatic carbocycles. The highest BCUT2D eigenvalue weighted by Gasteiger charge is 2.40. The van der Waals surface area contributed by atoms with E-state index >= 15 is 0 Å². The number of rotatable bonds is 6. The first-order chi connectivity index (χ1) is 14.8. The van der Waals surface area contributed by atoms with Crippen LogP contribution in [0.25, 0.3) is 0 Å². The van der Waals surface area contributed by atoms with Gasteiger partial charge in [-0.15, -0.1) is 0 Å². The van der Waals surface area contributed by atoms with E-state index in [-0.39, 0.29) is 35.4 Å². The maximum absolute atomic E-state index is 13.3. The quantitative estimate of drug-likeness (QED) is 0.693. The van der Waals surface area contributed by atoms with Gasteiger partial charge in [0, 0.05) is 33.8 Å². The lowest BCUT2D eigenvalue weighted by molar-refractivity contribution is -0.125. The van der Waals surface area contributed by atoms with E-state index < -0.39 is 10.0 Å². The monoisotopic (exact) mass is 450 g/mol. The van der Waals surface area contributed by atoms with E-state index in [1.807, 2.05) is 4.90 Å². The summed E-state index contributed by atoms with van der Waals surface area (Å²) in [5.41, 5.74) is 1.27. The average Bonchev–Trinajstić information content (AvgIpc) is 3.28. The molecule has 31 heavy (non-hydrogen) atoms. The Morgan fingerprint density at radius 1 is 1.19 bits per heavy atom. The highest BCUT2D eigenvalue weighted by Crippen LogP contribution is 2.40. The number of benzene rings is 1. The number of hydrogen-bond donors (Lipinski definition) is 1. The first-order valence-electron chi connectivity index (χ1n) is 10.8. The minimum Gasteiger partial charge on any atom is -0.376 e. The Morgan fingerprint density at radius 2 is 2.00 bits per heavy atom.